The van der Waals surface area contributed by atoms with Crippen LogP contribution in [-0.2, 0) is 4.79 Å². The number of nitrogens with zero attached hydrogens (tertiary/aromatic N) is 2. The molecule has 0 aliphatic carbocycles. The topological polar surface area (TPSA) is 62.2 Å². The van der Waals surface area contributed by atoms with Crippen LogP contribution in [-0.4, -0.2) is 29.6 Å². The van der Waals surface area contributed by atoms with Crippen LogP contribution < -0.4 is 9.21 Å². The first kappa shape index (κ1) is 16.0. The number of aryl methyl sites for hydroxylation is 1. The van der Waals surface area contributed by atoms with E-state index in [4.69, 9.17) is 0 Å². The predicted octanol–water partition coefficient (Wildman–Crippen LogP) is 3.47. The average Bonchev–Trinajstić information content (AvgIpc) is 2.95. The van der Waals surface area contributed by atoms with Crippen molar-refractivity contribution in [2.24, 2.45) is 0 Å². The van der Waals surface area contributed by atoms with E-state index in [0.717, 1.165) is 14.9 Å². The number of quaternary nitrogens is 1. The second-order valence-corrected chi connectivity index (χ2v) is 7.89. The third-order valence-corrected chi connectivity index (χ3v) is 6.07. The summed E-state index contributed by atoms with van der Waals surface area (Å²) in [5.74, 6) is -0.261. The number of fused-ring (bicyclic) bond motifs is 1. The first-order chi connectivity index (χ1) is 11.0. The van der Waals surface area contributed by atoms with Crippen molar-refractivity contribution in [2.75, 3.05) is 13.6 Å². The van der Waals surface area contributed by atoms with Gasteiger partial charge in [0.15, 0.2) is 5.76 Å². The zero-order valence-electron chi connectivity index (χ0n) is 13.2. The lowest BCUT2D eigenvalue weighted by molar-refractivity contribution is -0.118. The summed E-state index contributed by atoms with van der Waals surface area (Å²) >= 11 is 3.02. The van der Waals surface area contributed by atoms with E-state index in [1.165, 1.54) is 23.3 Å². The van der Waals surface area contributed by atoms with E-state index in [9.17, 15) is 9.90 Å². The number of rotatable bonds is 3. The van der Waals surface area contributed by atoms with Gasteiger partial charge in [0.25, 0.3) is 5.70 Å². The van der Waals surface area contributed by atoms with Crippen LogP contribution in [0.25, 0.3) is 5.76 Å². The number of nitrogens with one attached hydrogen (secondary N) is 1. The van der Waals surface area contributed by atoms with Gasteiger partial charge in [-0.05, 0) is 26.0 Å². The zero-order chi connectivity index (χ0) is 16.6. The molecule has 2 N–H and O–H groups in total. The number of likely N-dealkylation sites (N-methyl/N-ethyl adjacent to an activating group) is 2. The summed E-state index contributed by atoms with van der Waals surface area (Å²) in [6.45, 7) is 4.33. The molecule has 23 heavy (non-hydrogen) atoms. The van der Waals surface area contributed by atoms with Crippen molar-refractivity contribution in [3.63, 3.8) is 0 Å². The summed E-state index contributed by atoms with van der Waals surface area (Å²) in [5.41, 5.74) is 0.993. The van der Waals surface area contributed by atoms with E-state index in [1.54, 1.807) is 6.20 Å². The maximum absolute atomic E-state index is 12.6. The fourth-order valence-electron chi connectivity index (χ4n) is 2.53. The standard InChI is InChI=1S/C16H17N3O2S2/c1-4-17-15(21)13-14(20)11-7-5-6-8-12(11)23-19(13,3)16-18-9-10(2)22-16/h5-9H,4H2,1-3H3,(H-,17,20,21)/p+1. The zero-order valence-corrected chi connectivity index (χ0v) is 14.8. The number of amides is 1. The van der Waals surface area contributed by atoms with E-state index in [-0.39, 0.29) is 15.6 Å². The highest BCUT2D eigenvalue weighted by atomic mass is 32.2. The summed E-state index contributed by atoms with van der Waals surface area (Å²) < 4.78 is 0.0905. The molecule has 1 aromatic carbocycles. The molecule has 1 aromatic heterocycles. The smallest absolute Gasteiger partial charge is 0.310 e. The van der Waals surface area contributed by atoms with Gasteiger partial charge >= 0.3 is 11.0 Å². The van der Waals surface area contributed by atoms with Gasteiger partial charge in [-0.3, -0.25) is 4.79 Å². The van der Waals surface area contributed by atoms with Crippen molar-refractivity contribution in [1.29, 1.82) is 0 Å². The minimum absolute atomic E-state index is 0.0145. The molecule has 0 saturated heterocycles. The maximum Gasteiger partial charge on any atom is 0.310 e. The van der Waals surface area contributed by atoms with Crippen LogP contribution in [0, 0.1) is 6.92 Å². The Kier molecular flexibility index (Phi) is 4.18. The monoisotopic (exact) mass is 348 g/mol. The molecule has 5 nitrogen and oxygen atoms in total. The first-order valence-electron chi connectivity index (χ1n) is 7.28. The number of aromatic nitrogens is 1. The summed E-state index contributed by atoms with van der Waals surface area (Å²) in [6, 6.07) is 7.55. The van der Waals surface area contributed by atoms with Gasteiger partial charge in [-0.25, -0.2) is 0 Å². The molecule has 1 amide bonds. The van der Waals surface area contributed by atoms with Crippen LogP contribution in [0.1, 0.15) is 17.4 Å². The normalized spacial score (nSPS) is 20.3. The van der Waals surface area contributed by atoms with Gasteiger partial charge in [0.1, 0.15) is 11.9 Å². The third kappa shape index (κ3) is 2.65. The van der Waals surface area contributed by atoms with E-state index in [1.807, 2.05) is 45.2 Å². The van der Waals surface area contributed by atoms with Crippen LogP contribution in [0.2, 0.25) is 0 Å². The fourth-order valence-corrected chi connectivity index (χ4v) is 4.70. The van der Waals surface area contributed by atoms with E-state index in [0.29, 0.717) is 17.8 Å². The fraction of sp³-hybridized carbons (Fsp3) is 0.250. The molecular weight excluding hydrogens is 330 g/mol. The molecule has 1 aliphatic rings. The quantitative estimate of drug-likeness (QED) is 0.658. The van der Waals surface area contributed by atoms with Crippen LogP contribution >= 0.6 is 23.3 Å². The Morgan fingerprint density at radius 3 is 2.78 bits per heavy atom. The molecule has 2 aromatic rings. The molecular formula is C16H18N3O2S2+. The van der Waals surface area contributed by atoms with Gasteiger partial charge in [0.05, 0.1) is 11.9 Å². The van der Waals surface area contributed by atoms with Crippen molar-refractivity contribution in [3.05, 3.63) is 46.6 Å². The maximum atomic E-state index is 12.6. The van der Waals surface area contributed by atoms with E-state index >= 15 is 0 Å². The number of aliphatic hydroxyl groups is 1. The molecule has 1 atom stereocenters. The van der Waals surface area contributed by atoms with Crippen molar-refractivity contribution >= 4 is 40.1 Å². The Balaban J connectivity index is 2.23. The van der Waals surface area contributed by atoms with Crippen molar-refractivity contribution < 1.29 is 9.90 Å². The Morgan fingerprint density at radius 1 is 1.39 bits per heavy atom. The number of hydrogen-bond donors (Lipinski definition) is 2. The molecule has 0 bridgehead atoms. The van der Waals surface area contributed by atoms with Crippen LogP contribution in [0.3, 0.4) is 0 Å². The van der Waals surface area contributed by atoms with Gasteiger partial charge < -0.3 is 10.4 Å². The molecule has 0 saturated carbocycles. The lowest BCUT2D eigenvalue weighted by Crippen LogP contribution is -2.46. The number of thiazole rings is 1. The summed E-state index contributed by atoms with van der Waals surface area (Å²) in [6.07, 6.45) is 1.79. The SMILES string of the molecule is CCNC(=O)C1=C(O)c2ccccc2S[N+]1(C)c1ncc(C)s1. The number of carbonyl (C=O) groups is 1. The summed E-state index contributed by atoms with van der Waals surface area (Å²) in [7, 11) is 1.89. The van der Waals surface area contributed by atoms with Gasteiger partial charge in [-0.2, -0.15) is 8.87 Å². The van der Waals surface area contributed by atoms with Crippen molar-refractivity contribution in [2.45, 2.75) is 18.7 Å². The minimum atomic E-state index is -0.276. The number of hydrogen-bond acceptors (Lipinski definition) is 5. The lowest BCUT2D eigenvalue weighted by atomic mass is 10.1. The second-order valence-electron chi connectivity index (χ2n) is 5.32. The Hall–Kier alpha value is -1.83. The van der Waals surface area contributed by atoms with Gasteiger partial charge in [0.2, 0.25) is 0 Å². The molecule has 3 rings (SSSR count). The highest BCUT2D eigenvalue weighted by Gasteiger charge is 2.47. The molecule has 0 radical (unpaired) electrons. The Labute approximate surface area is 143 Å². The van der Waals surface area contributed by atoms with Crippen molar-refractivity contribution in [3.8, 4) is 0 Å². The highest BCUT2D eigenvalue weighted by molar-refractivity contribution is 7.99. The van der Waals surface area contributed by atoms with E-state index in [2.05, 4.69) is 10.3 Å². The Bertz CT molecular complexity index is 800. The van der Waals surface area contributed by atoms with Crippen LogP contribution in [0.15, 0.2) is 41.1 Å². The van der Waals surface area contributed by atoms with Gasteiger partial charge in [0, 0.05) is 23.2 Å². The van der Waals surface area contributed by atoms with E-state index < -0.39 is 0 Å². The molecule has 1 aliphatic heterocycles. The summed E-state index contributed by atoms with van der Waals surface area (Å²) in [4.78, 5) is 19.1. The number of benzene rings is 1. The molecule has 0 fully saturated rings. The van der Waals surface area contributed by atoms with Crippen LogP contribution in [0.5, 0.6) is 0 Å². The second kappa shape index (κ2) is 5.99. The largest absolute Gasteiger partial charge is 0.502 e. The first-order valence-corrected chi connectivity index (χ1v) is 8.87. The van der Waals surface area contributed by atoms with Gasteiger partial charge in [-0.15, -0.1) is 0 Å². The molecule has 120 valence electrons. The third-order valence-electron chi connectivity index (χ3n) is 3.60. The molecule has 7 heteroatoms. The Morgan fingerprint density at radius 2 is 2.13 bits per heavy atom. The molecule has 0 spiro atoms. The number of carbonyl (C=O) groups excluding carboxylic acids is 1. The minimum Gasteiger partial charge on any atom is -0.502 e. The van der Waals surface area contributed by atoms with Gasteiger partial charge in [-0.1, -0.05) is 23.5 Å². The predicted molar refractivity (Wildman–Crippen MR) is 95.1 cm³/mol. The average molecular weight is 348 g/mol. The molecule has 1 unspecified atom stereocenters. The highest BCUT2D eigenvalue weighted by Crippen LogP contribution is 2.49. The molecule has 2 heterocycles. The lowest BCUT2D eigenvalue weighted by Gasteiger charge is -2.33. The number of aliphatic hydroxyl groups excluding tert-OH is 1. The summed E-state index contributed by atoms with van der Waals surface area (Å²) in [5, 5.41) is 14.3. The van der Waals surface area contributed by atoms with Crippen LogP contribution in [0.4, 0.5) is 5.13 Å². The van der Waals surface area contributed by atoms with Crippen molar-refractivity contribution in [1.82, 2.24) is 14.2 Å².